The Bertz CT molecular complexity index is 938. The zero-order valence-corrected chi connectivity index (χ0v) is 14.5. The normalized spacial score (nSPS) is 10.9. The van der Waals surface area contributed by atoms with Crippen molar-refractivity contribution in [3.05, 3.63) is 106 Å². The van der Waals surface area contributed by atoms with E-state index in [0.717, 1.165) is 5.56 Å². The smallest absolute Gasteiger partial charge is 0.193 e. The molecule has 4 nitrogen and oxygen atoms in total. The molecule has 0 fully saturated rings. The third-order valence-electron chi connectivity index (χ3n) is 4.00. The van der Waals surface area contributed by atoms with E-state index in [4.69, 9.17) is 4.84 Å². The minimum Gasteiger partial charge on any atom is -0.392 e. The van der Waals surface area contributed by atoms with Gasteiger partial charge in [-0.3, -0.25) is 4.79 Å². The second kappa shape index (κ2) is 8.87. The molecule has 1 N–H and O–H groups in total. The first-order chi connectivity index (χ1) is 13.2. The molecule has 0 aliphatic carbocycles. The first kappa shape index (κ1) is 18.5. The molecule has 0 spiro atoms. The van der Waals surface area contributed by atoms with E-state index in [1.54, 1.807) is 18.2 Å². The fourth-order valence-corrected chi connectivity index (χ4v) is 2.59. The fraction of sp³-hybridized carbons (Fsp3) is 0.0909. The van der Waals surface area contributed by atoms with Crippen LogP contribution in [0.15, 0.2) is 78.0 Å². The second-order valence-electron chi connectivity index (χ2n) is 5.90. The highest BCUT2D eigenvalue weighted by Crippen LogP contribution is 2.17. The molecule has 0 unspecified atom stereocenters. The van der Waals surface area contributed by atoms with Gasteiger partial charge in [0, 0.05) is 11.1 Å². The van der Waals surface area contributed by atoms with E-state index in [-0.39, 0.29) is 12.4 Å². The molecule has 5 heteroatoms. The number of oxime groups is 1. The van der Waals surface area contributed by atoms with Crippen molar-refractivity contribution in [2.45, 2.75) is 13.2 Å². The van der Waals surface area contributed by atoms with Crippen LogP contribution in [0.1, 0.15) is 32.6 Å². The maximum absolute atomic E-state index is 13.0. The van der Waals surface area contributed by atoms with Gasteiger partial charge in [-0.2, -0.15) is 0 Å². The van der Waals surface area contributed by atoms with Crippen LogP contribution in [0.5, 0.6) is 0 Å². The standard InChI is InChI=1S/C22H18FNO3/c23-20-9-7-18(8-10-20)22(26)21-11-6-17(12-19(21)14-25)13-24-27-15-16-4-2-1-3-5-16/h1-13,25H,14-15H2. The number of benzene rings is 3. The van der Waals surface area contributed by atoms with E-state index in [1.807, 2.05) is 30.3 Å². The Balaban J connectivity index is 1.71. The number of halogens is 1. The van der Waals surface area contributed by atoms with E-state index >= 15 is 0 Å². The Morgan fingerprint density at radius 1 is 1.04 bits per heavy atom. The lowest BCUT2D eigenvalue weighted by molar-refractivity contribution is 0.103. The number of hydrogen-bond donors (Lipinski definition) is 1. The highest BCUT2D eigenvalue weighted by Gasteiger charge is 2.13. The quantitative estimate of drug-likeness (QED) is 0.391. The molecule has 27 heavy (non-hydrogen) atoms. The monoisotopic (exact) mass is 363 g/mol. The molecule has 0 aliphatic heterocycles. The predicted molar refractivity (Wildman–Crippen MR) is 101 cm³/mol. The topological polar surface area (TPSA) is 58.9 Å². The maximum atomic E-state index is 13.0. The highest BCUT2D eigenvalue weighted by atomic mass is 19.1. The van der Waals surface area contributed by atoms with Gasteiger partial charge in [-0.05, 0) is 47.0 Å². The van der Waals surface area contributed by atoms with Crippen molar-refractivity contribution in [1.29, 1.82) is 0 Å². The number of aliphatic hydroxyl groups excluding tert-OH is 1. The molecule has 0 amide bonds. The van der Waals surface area contributed by atoms with E-state index in [0.29, 0.717) is 28.9 Å². The molecule has 0 heterocycles. The molecule has 3 aromatic carbocycles. The summed E-state index contributed by atoms with van der Waals surface area (Å²) in [5, 5.41) is 13.5. The van der Waals surface area contributed by atoms with Crippen LogP contribution in [-0.2, 0) is 18.1 Å². The summed E-state index contributed by atoms with van der Waals surface area (Å²) in [4.78, 5) is 17.8. The Labute approximate surface area is 156 Å². The molecule has 0 saturated carbocycles. The Hall–Kier alpha value is -3.31. The Kier molecular flexibility index (Phi) is 6.07. The summed E-state index contributed by atoms with van der Waals surface area (Å²) in [6, 6.07) is 20.0. The van der Waals surface area contributed by atoms with Crippen molar-refractivity contribution in [3.63, 3.8) is 0 Å². The molecule has 0 bridgehead atoms. The zero-order valence-electron chi connectivity index (χ0n) is 14.5. The van der Waals surface area contributed by atoms with Gasteiger partial charge >= 0.3 is 0 Å². The van der Waals surface area contributed by atoms with Crippen molar-refractivity contribution in [1.82, 2.24) is 0 Å². The summed E-state index contributed by atoms with van der Waals surface area (Å²) >= 11 is 0. The Morgan fingerprint density at radius 2 is 1.78 bits per heavy atom. The SMILES string of the molecule is O=C(c1ccc(F)cc1)c1ccc(C=NOCc2ccccc2)cc1CO. The van der Waals surface area contributed by atoms with E-state index in [1.165, 1.54) is 30.5 Å². The molecule has 0 saturated heterocycles. The number of ketones is 1. The summed E-state index contributed by atoms with van der Waals surface area (Å²) in [5.74, 6) is -0.682. The average Bonchev–Trinajstić information content (AvgIpc) is 2.72. The van der Waals surface area contributed by atoms with Crippen LogP contribution in [0.4, 0.5) is 4.39 Å². The molecular weight excluding hydrogens is 345 g/mol. The fourth-order valence-electron chi connectivity index (χ4n) is 2.59. The van der Waals surface area contributed by atoms with Crippen LogP contribution in [0.3, 0.4) is 0 Å². The van der Waals surface area contributed by atoms with Gasteiger partial charge < -0.3 is 9.94 Å². The maximum Gasteiger partial charge on any atom is 0.193 e. The molecule has 0 atom stereocenters. The van der Waals surface area contributed by atoms with E-state index in [9.17, 15) is 14.3 Å². The van der Waals surface area contributed by atoms with Crippen LogP contribution in [0, 0.1) is 5.82 Å². The van der Waals surface area contributed by atoms with Crippen molar-refractivity contribution in [2.75, 3.05) is 0 Å². The second-order valence-corrected chi connectivity index (χ2v) is 5.90. The van der Waals surface area contributed by atoms with Crippen LogP contribution in [-0.4, -0.2) is 17.1 Å². The average molecular weight is 363 g/mol. The number of rotatable bonds is 7. The van der Waals surface area contributed by atoms with Crippen LogP contribution >= 0.6 is 0 Å². The largest absolute Gasteiger partial charge is 0.392 e. The highest BCUT2D eigenvalue weighted by molar-refractivity contribution is 6.10. The molecule has 3 rings (SSSR count). The van der Waals surface area contributed by atoms with Gasteiger partial charge in [-0.15, -0.1) is 0 Å². The molecule has 136 valence electrons. The molecule has 0 radical (unpaired) electrons. The minimum atomic E-state index is -0.406. The number of aliphatic hydroxyl groups is 1. The number of carbonyl (C=O) groups is 1. The van der Waals surface area contributed by atoms with Crippen molar-refractivity contribution >= 4 is 12.0 Å². The first-order valence-corrected chi connectivity index (χ1v) is 8.40. The van der Waals surface area contributed by atoms with Gasteiger partial charge in [0.15, 0.2) is 5.78 Å². The number of carbonyl (C=O) groups excluding carboxylic acids is 1. The van der Waals surface area contributed by atoms with E-state index < -0.39 is 5.82 Å². The lowest BCUT2D eigenvalue weighted by Crippen LogP contribution is -2.06. The van der Waals surface area contributed by atoms with Gasteiger partial charge in [0.1, 0.15) is 12.4 Å². The first-order valence-electron chi connectivity index (χ1n) is 8.40. The lowest BCUT2D eigenvalue weighted by atomic mass is 9.97. The van der Waals surface area contributed by atoms with Gasteiger partial charge in [-0.25, -0.2) is 4.39 Å². The zero-order chi connectivity index (χ0) is 19.1. The lowest BCUT2D eigenvalue weighted by Gasteiger charge is -2.08. The minimum absolute atomic E-state index is 0.275. The van der Waals surface area contributed by atoms with Gasteiger partial charge in [0.2, 0.25) is 0 Å². The summed E-state index contributed by atoms with van der Waals surface area (Å²) < 4.78 is 13.0. The van der Waals surface area contributed by atoms with E-state index in [2.05, 4.69) is 5.16 Å². The van der Waals surface area contributed by atoms with Crippen LogP contribution < -0.4 is 0 Å². The van der Waals surface area contributed by atoms with Gasteiger partial charge in [-0.1, -0.05) is 47.6 Å². The summed E-state index contributed by atoms with van der Waals surface area (Å²) in [6.07, 6.45) is 1.52. The molecule has 3 aromatic rings. The molecule has 0 aromatic heterocycles. The van der Waals surface area contributed by atoms with Crippen molar-refractivity contribution in [2.24, 2.45) is 5.16 Å². The molecule has 0 aliphatic rings. The summed E-state index contributed by atoms with van der Waals surface area (Å²) in [5.41, 5.74) is 2.90. The van der Waals surface area contributed by atoms with Crippen molar-refractivity contribution < 1.29 is 19.1 Å². The van der Waals surface area contributed by atoms with Gasteiger partial charge in [0.25, 0.3) is 0 Å². The summed E-state index contributed by atoms with van der Waals surface area (Å²) in [6.45, 7) is 0.0557. The Morgan fingerprint density at radius 3 is 2.48 bits per heavy atom. The predicted octanol–water partition coefficient (Wildman–Crippen LogP) is 4.10. The third kappa shape index (κ3) is 4.86. The van der Waals surface area contributed by atoms with Crippen molar-refractivity contribution in [3.8, 4) is 0 Å². The summed E-state index contributed by atoms with van der Waals surface area (Å²) in [7, 11) is 0. The van der Waals surface area contributed by atoms with Gasteiger partial charge in [0.05, 0.1) is 12.8 Å². The van der Waals surface area contributed by atoms with Crippen LogP contribution in [0.2, 0.25) is 0 Å². The third-order valence-corrected chi connectivity index (χ3v) is 4.00. The van der Waals surface area contributed by atoms with Crippen LogP contribution in [0.25, 0.3) is 0 Å². The number of hydrogen-bond acceptors (Lipinski definition) is 4. The number of nitrogens with zero attached hydrogens (tertiary/aromatic N) is 1. The molecular formula is C22H18FNO3.